The minimum absolute atomic E-state index is 0.855. The van der Waals surface area contributed by atoms with Gasteiger partial charge in [0.15, 0.2) is 0 Å². The van der Waals surface area contributed by atoms with Gasteiger partial charge in [-0.2, -0.15) is 5.10 Å². The van der Waals surface area contributed by atoms with Gasteiger partial charge in [0.25, 0.3) is 0 Å². The minimum atomic E-state index is 0.855. The third-order valence-corrected chi connectivity index (χ3v) is 2.32. The van der Waals surface area contributed by atoms with E-state index < -0.39 is 0 Å². The Bertz CT molecular complexity index is 408. The molecule has 0 bridgehead atoms. The summed E-state index contributed by atoms with van der Waals surface area (Å²) in [6.07, 6.45) is 3.74. The molecule has 2 rings (SSSR count). The molecule has 0 radical (unpaired) electrons. The lowest BCUT2D eigenvalue weighted by Crippen LogP contribution is -2.10. The molecule has 16 heavy (non-hydrogen) atoms. The molecule has 0 amide bonds. The number of rotatable bonds is 5. The third-order valence-electron chi connectivity index (χ3n) is 2.32. The molecule has 84 valence electrons. The summed E-state index contributed by atoms with van der Waals surface area (Å²) in [6.45, 7) is 1.72. The number of benzene rings is 1. The lowest BCUT2D eigenvalue weighted by molar-refractivity contribution is 0.415. The highest BCUT2D eigenvalue weighted by atomic mass is 16.5. The summed E-state index contributed by atoms with van der Waals surface area (Å²) < 4.78 is 6.99. The number of ether oxygens (including phenoxy) is 1. The van der Waals surface area contributed by atoms with Gasteiger partial charge in [-0.1, -0.05) is 0 Å². The summed E-state index contributed by atoms with van der Waals surface area (Å²) in [7, 11) is 1.67. The summed E-state index contributed by atoms with van der Waals surface area (Å²) in [5, 5.41) is 7.45. The maximum atomic E-state index is 5.09. The molecule has 0 aliphatic carbocycles. The maximum Gasteiger partial charge on any atom is 0.119 e. The number of hydrogen-bond acceptors (Lipinski definition) is 3. The molecule has 1 N–H and O–H groups in total. The number of aromatic nitrogens is 2. The topological polar surface area (TPSA) is 39.1 Å². The van der Waals surface area contributed by atoms with Crippen LogP contribution in [0.3, 0.4) is 0 Å². The lowest BCUT2D eigenvalue weighted by Gasteiger charge is -2.07. The largest absolute Gasteiger partial charge is 0.497 e. The van der Waals surface area contributed by atoms with Gasteiger partial charge < -0.3 is 10.1 Å². The minimum Gasteiger partial charge on any atom is -0.497 e. The predicted octanol–water partition coefficient (Wildman–Crippen LogP) is 2.00. The Morgan fingerprint density at radius 1 is 1.31 bits per heavy atom. The highest BCUT2D eigenvalue weighted by Gasteiger charge is 1.94. The van der Waals surface area contributed by atoms with Crippen LogP contribution in [-0.2, 0) is 6.54 Å². The van der Waals surface area contributed by atoms with Crippen molar-refractivity contribution in [2.45, 2.75) is 6.54 Å². The molecule has 0 spiro atoms. The number of nitrogens with zero attached hydrogens (tertiary/aromatic N) is 2. The standard InChI is InChI=1S/C12H15N3O/c1-16-12-5-3-11(4-6-12)13-8-10-15-9-2-7-14-15/h2-7,9,13H,8,10H2,1H3. The highest BCUT2D eigenvalue weighted by molar-refractivity contribution is 5.46. The molecule has 0 saturated heterocycles. The van der Waals surface area contributed by atoms with E-state index >= 15 is 0 Å². The summed E-state index contributed by atoms with van der Waals surface area (Å²) in [4.78, 5) is 0. The van der Waals surface area contributed by atoms with Crippen LogP contribution in [0.4, 0.5) is 5.69 Å². The van der Waals surface area contributed by atoms with Crippen LogP contribution in [0.15, 0.2) is 42.7 Å². The summed E-state index contributed by atoms with van der Waals surface area (Å²) in [6, 6.07) is 9.81. The van der Waals surface area contributed by atoms with Crippen molar-refractivity contribution in [2.24, 2.45) is 0 Å². The summed E-state index contributed by atoms with van der Waals surface area (Å²) in [5.41, 5.74) is 1.09. The summed E-state index contributed by atoms with van der Waals surface area (Å²) >= 11 is 0. The van der Waals surface area contributed by atoms with E-state index in [1.165, 1.54) is 0 Å². The first-order valence-electron chi connectivity index (χ1n) is 5.24. The monoisotopic (exact) mass is 217 g/mol. The SMILES string of the molecule is COc1ccc(NCCn2cccn2)cc1. The molecule has 0 atom stereocenters. The van der Waals surface area contributed by atoms with Gasteiger partial charge >= 0.3 is 0 Å². The molecule has 4 heteroatoms. The zero-order valence-electron chi connectivity index (χ0n) is 9.26. The molecule has 0 fully saturated rings. The van der Waals surface area contributed by atoms with E-state index in [1.807, 2.05) is 41.2 Å². The molecule has 1 aromatic carbocycles. The smallest absolute Gasteiger partial charge is 0.119 e. The Kier molecular flexibility index (Phi) is 3.43. The van der Waals surface area contributed by atoms with Crippen molar-refractivity contribution in [1.82, 2.24) is 9.78 Å². The number of anilines is 1. The van der Waals surface area contributed by atoms with E-state index in [9.17, 15) is 0 Å². The maximum absolute atomic E-state index is 5.09. The van der Waals surface area contributed by atoms with Crippen molar-refractivity contribution in [3.63, 3.8) is 0 Å². The Balaban J connectivity index is 1.81. The molecule has 4 nitrogen and oxygen atoms in total. The fraction of sp³-hybridized carbons (Fsp3) is 0.250. The average molecular weight is 217 g/mol. The van der Waals surface area contributed by atoms with Crippen LogP contribution in [0, 0.1) is 0 Å². The van der Waals surface area contributed by atoms with Crippen molar-refractivity contribution in [3.05, 3.63) is 42.7 Å². The van der Waals surface area contributed by atoms with E-state index in [0.29, 0.717) is 0 Å². The molecule has 0 aliphatic heterocycles. The molecular weight excluding hydrogens is 202 g/mol. The van der Waals surface area contributed by atoms with Gasteiger partial charge in [-0.25, -0.2) is 0 Å². The fourth-order valence-electron chi connectivity index (χ4n) is 1.46. The second-order valence-corrected chi connectivity index (χ2v) is 3.42. The van der Waals surface area contributed by atoms with E-state index in [-0.39, 0.29) is 0 Å². The Hall–Kier alpha value is -1.97. The first-order valence-corrected chi connectivity index (χ1v) is 5.24. The van der Waals surface area contributed by atoms with Gasteiger partial charge in [-0.15, -0.1) is 0 Å². The normalized spacial score (nSPS) is 10.1. The summed E-state index contributed by atoms with van der Waals surface area (Å²) in [5.74, 6) is 0.873. The van der Waals surface area contributed by atoms with Crippen LogP contribution < -0.4 is 10.1 Å². The average Bonchev–Trinajstić information content (AvgIpc) is 2.83. The molecular formula is C12H15N3O. The Labute approximate surface area is 94.9 Å². The zero-order chi connectivity index (χ0) is 11.2. The lowest BCUT2D eigenvalue weighted by atomic mass is 10.3. The van der Waals surface area contributed by atoms with Crippen molar-refractivity contribution in [3.8, 4) is 5.75 Å². The molecule has 0 unspecified atom stereocenters. The van der Waals surface area contributed by atoms with Crippen LogP contribution in [-0.4, -0.2) is 23.4 Å². The van der Waals surface area contributed by atoms with Crippen LogP contribution in [0.2, 0.25) is 0 Å². The van der Waals surface area contributed by atoms with Crippen LogP contribution in [0.1, 0.15) is 0 Å². The van der Waals surface area contributed by atoms with Gasteiger partial charge in [0.2, 0.25) is 0 Å². The van der Waals surface area contributed by atoms with Crippen LogP contribution >= 0.6 is 0 Å². The predicted molar refractivity (Wildman–Crippen MR) is 63.7 cm³/mol. The van der Waals surface area contributed by atoms with E-state index in [2.05, 4.69) is 10.4 Å². The van der Waals surface area contributed by atoms with Gasteiger partial charge in [0, 0.05) is 24.6 Å². The first-order chi connectivity index (χ1) is 7.88. The molecule has 1 aromatic heterocycles. The molecule has 2 aromatic rings. The number of hydrogen-bond donors (Lipinski definition) is 1. The number of nitrogens with one attached hydrogen (secondary N) is 1. The van der Waals surface area contributed by atoms with Crippen molar-refractivity contribution >= 4 is 5.69 Å². The quantitative estimate of drug-likeness (QED) is 0.832. The molecule has 0 saturated carbocycles. The van der Waals surface area contributed by atoms with E-state index in [0.717, 1.165) is 24.5 Å². The second-order valence-electron chi connectivity index (χ2n) is 3.42. The first kappa shape index (κ1) is 10.5. The highest BCUT2D eigenvalue weighted by Crippen LogP contribution is 2.14. The second kappa shape index (κ2) is 5.21. The van der Waals surface area contributed by atoms with E-state index in [4.69, 9.17) is 4.74 Å². The van der Waals surface area contributed by atoms with Gasteiger partial charge in [0.05, 0.1) is 13.7 Å². The van der Waals surface area contributed by atoms with Crippen LogP contribution in [0.5, 0.6) is 5.75 Å². The van der Waals surface area contributed by atoms with E-state index in [1.54, 1.807) is 13.3 Å². The Morgan fingerprint density at radius 2 is 2.12 bits per heavy atom. The van der Waals surface area contributed by atoms with Crippen molar-refractivity contribution < 1.29 is 4.74 Å². The zero-order valence-corrected chi connectivity index (χ0v) is 9.26. The van der Waals surface area contributed by atoms with Crippen molar-refractivity contribution in [1.29, 1.82) is 0 Å². The molecule has 1 heterocycles. The Morgan fingerprint density at radius 3 is 2.75 bits per heavy atom. The third kappa shape index (κ3) is 2.76. The van der Waals surface area contributed by atoms with Crippen LogP contribution in [0.25, 0.3) is 0 Å². The van der Waals surface area contributed by atoms with Gasteiger partial charge in [0.1, 0.15) is 5.75 Å². The van der Waals surface area contributed by atoms with Crippen molar-refractivity contribution in [2.75, 3.05) is 19.0 Å². The fourth-order valence-corrected chi connectivity index (χ4v) is 1.46. The van der Waals surface area contributed by atoms with Gasteiger partial charge in [-0.05, 0) is 30.3 Å². The molecule has 0 aliphatic rings. The number of methoxy groups -OCH3 is 1. The van der Waals surface area contributed by atoms with Gasteiger partial charge in [-0.3, -0.25) is 4.68 Å².